The van der Waals surface area contributed by atoms with Crippen LogP contribution in [0.25, 0.3) is 0 Å². The summed E-state index contributed by atoms with van der Waals surface area (Å²) in [5, 5.41) is 4.01. The number of morpholine rings is 1. The lowest BCUT2D eigenvalue weighted by molar-refractivity contribution is 0.0315. The van der Waals surface area contributed by atoms with Crippen molar-refractivity contribution in [3.05, 3.63) is 0 Å². The van der Waals surface area contributed by atoms with Crippen LogP contribution in [0.3, 0.4) is 0 Å². The molecule has 1 rings (SSSR count). The van der Waals surface area contributed by atoms with Crippen LogP contribution in [-0.4, -0.2) is 25.9 Å². The molecule has 41 valence electrons. The normalized spacial score (nSPS) is 33.0. The van der Waals surface area contributed by atoms with Crippen molar-refractivity contribution < 1.29 is 4.74 Å². The highest BCUT2D eigenvalue weighted by atomic mass is 16.5. The molecule has 3 heteroatoms. The molecule has 0 amide bonds. The predicted octanol–water partition coefficient (Wildman–Crippen LogP) is -1.09. The lowest BCUT2D eigenvalue weighted by Crippen LogP contribution is -2.39. The number of ether oxygens (including phenoxy) is 1. The Morgan fingerprint density at radius 1 is 1.71 bits per heavy atom. The number of rotatable bonds is 0. The zero-order chi connectivity index (χ0) is 5.11. The molecule has 0 saturated carbocycles. The van der Waals surface area contributed by atoms with Crippen LogP contribution < -0.4 is 11.1 Å². The second-order valence-corrected chi connectivity index (χ2v) is 1.54. The molecule has 1 unspecified atom stereocenters. The van der Waals surface area contributed by atoms with Gasteiger partial charge in [0.15, 0.2) is 0 Å². The van der Waals surface area contributed by atoms with E-state index in [1.54, 1.807) is 0 Å². The fourth-order valence-corrected chi connectivity index (χ4v) is 0.540. The van der Waals surface area contributed by atoms with E-state index in [-0.39, 0.29) is 6.23 Å². The lowest BCUT2D eigenvalue weighted by Gasteiger charge is -2.17. The van der Waals surface area contributed by atoms with Gasteiger partial charge in [-0.05, 0) is 0 Å². The molecule has 7 heavy (non-hydrogen) atoms. The minimum atomic E-state index is -0.131. The third kappa shape index (κ3) is 1.43. The van der Waals surface area contributed by atoms with E-state index < -0.39 is 0 Å². The molecule has 1 aliphatic rings. The van der Waals surface area contributed by atoms with E-state index in [2.05, 4.69) is 5.32 Å². The molecule has 0 spiro atoms. The Hall–Kier alpha value is -0.120. The Morgan fingerprint density at radius 3 is 2.86 bits per heavy atom. The fraction of sp³-hybridized carbons (Fsp3) is 1.00. The zero-order valence-electron chi connectivity index (χ0n) is 4.13. The van der Waals surface area contributed by atoms with Crippen LogP contribution in [0, 0.1) is 0 Å². The van der Waals surface area contributed by atoms with Gasteiger partial charge in [-0.15, -0.1) is 0 Å². The summed E-state index contributed by atoms with van der Waals surface area (Å²) in [7, 11) is 0. The zero-order valence-corrected chi connectivity index (χ0v) is 4.13. The Morgan fingerprint density at radius 2 is 2.57 bits per heavy atom. The first kappa shape index (κ1) is 5.03. The molecule has 1 saturated heterocycles. The first-order valence-electron chi connectivity index (χ1n) is 2.40. The van der Waals surface area contributed by atoms with Gasteiger partial charge in [0.25, 0.3) is 0 Å². The third-order valence-electron chi connectivity index (χ3n) is 0.890. The largest absolute Gasteiger partial charge is 0.361 e. The Labute approximate surface area is 42.8 Å². The van der Waals surface area contributed by atoms with Gasteiger partial charge in [-0.1, -0.05) is 0 Å². The van der Waals surface area contributed by atoms with Crippen molar-refractivity contribution in [2.75, 3.05) is 19.7 Å². The maximum atomic E-state index is 5.32. The van der Waals surface area contributed by atoms with Crippen molar-refractivity contribution in [1.82, 2.24) is 5.32 Å². The van der Waals surface area contributed by atoms with Gasteiger partial charge in [0.05, 0.1) is 13.2 Å². The van der Waals surface area contributed by atoms with Crippen molar-refractivity contribution in [1.29, 1.82) is 0 Å². The minimum Gasteiger partial charge on any atom is -0.361 e. The van der Waals surface area contributed by atoms with E-state index >= 15 is 0 Å². The number of nitrogens with zero attached hydrogens (tertiary/aromatic N) is 1. The van der Waals surface area contributed by atoms with Crippen LogP contribution in [0.4, 0.5) is 0 Å². The van der Waals surface area contributed by atoms with Gasteiger partial charge < -0.3 is 10.5 Å². The van der Waals surface area contributed by atoms with Crippen molar-refractivity contribution >= 4 is 0 Å². The first-order valence-corrected chi connectivity index (χ1v) is 2.40. The molecule has 3 nitrogen and oxygen atoms in total. The van der Waals surface area contributed by atoms with E-state index in [4.69, 9.17) is 10.5 Å². The van der Waals surface area contributed by atoms with Crippen LogP contribution in [-0.2, 0) is 4.74 Å². The monoisotopic (exact) mass is 101 g/mol. The molecule has 0 aromatic heterocycles. The molecular formula is C4H9N2O. The summed E-state index contributed by atoms with van der Waals surface area (Å²) < 4.78 is 4.96. The quantitative estimate of drug-likeness (QED) is 0.421. The highest BCUT2D eigenvalue weighted by Crippen LogP contribution is 1.86. The summed E-state index contributed by atoms with van der Waals surface area (Å²) in [5.74, 6) is 0. The Balaban J connectivity index is 2.12. The van der Waals surface area contributed by atoms with Crippen molar-refractivity contribution in [2.24, 2.45) is 5.73 Å². The average Bonchev–Trinajstić information content (AvgIpc) is 1.69. The van der Waals surface area contributed by atoms with Gasteiger partial charge in [0.1, 0.15) is 6.23 Å². The molecule has 1 aliphatic heterocycles. The van der Waals surface area contributed by atoms with Gasteiger partial charge in [0.2, 0.25) is 0 Å². The van der Waals surface area contributed by atoms with Crippen LogP contribution in [0.1, 0.15) is 0 Å². The molecule has 0 bridgehead atoms. The molecule has 1 heterocycles. The fourth-order valence-electron chi connectivity index (χ4n) is 0.540. The Kier molecular flexibility index (Phi) is 1.62. The summed E-state index contributed by atoms with van der Waals surface area (Å²) >= 11 is 0. The van der Waals surface area contributed by atoms with Gasteiger partial charge >= 0.3 is 0 Å². The molecule has 1 radical (unpaired) electrons. The number of hydrogen-bond donors (Lipinski definition) is 1. The second kappa shape index (κ2) is 2.26. The van der Waals surface area contributed by atoms with Crippen LogP contribution >= 0.6 is 0 Å². The topological polar surface area (TPSA) is 49.4 Å². The van der Waals surface area contributed by atoms with E-state index in [9.17, 15) is 0 Å². The van der Waals surface area contributed by atoms with E-state index in [1.807, 2.05) is 0 Å². The maximum Gasteiger partial charge on any atom is 0.119 e. The van der Waals surface area contributed by atoms with Gasteiger partial charge in [-0.3, -0.25) is 0 Å². The minimum absolute atomic E-state index is 0.131. The van der Waals surface area contributed by atoms with E-state index in [0.717, 1.165) is 6.54 Å². The standard InChI is InChI=1S/C4H9N2O/c5-4-3-6-1-2-7-4/h4H,1-3,5H2. The van der Waals surface area contributed by atoms with Crippen LogP contribution in [0.5, 0.6) is 0 Å². The highest BCUT2D eigenvalue weighted by Gasteiger charge is 2.06. The summed E-state index contributed by atoms with van der Waals surface area (Å²) in [4.78, 5) is 0. The smallest absolute Gasteiger partial charge is 0.119 e. The van der Waals surface area contributed by atoms with Crippen LogP contribution in [0.15, 0.2) is 0 Å². The third-order valence-corrected chi connectivity index (χ3v) is 0.890. The molecule has 0 aliphatic carbocycles. The predicted molar refractivity (Wildman–Crippen MR) is 25.8 cm³/mol. The highest BCUT2D eigenvalue weighted by molar-refractivity contribution is 4.58. The summed E-state index contributed by atoms with van der Waals surface area (Å²) in [6, 6.07) is 0. The van der Waals surface area contributed by atoms with Gasteiger partial charge in [0, 0.05) is 6.54 Å². The molecular weight excluding hydrogens is 92.1 g/mol. The average molecular weight is 101 g/mol. The molecule has 1 fully saturated rings. The van der Waals surface area contributed by atoms with Gasteiger partial charge in [-0.25, -0.2) is 5.32 Å². The Bertz CT molecular complexity index is 51.7. The summed E-state index contributed by atoms with van der Waals surface area (Å²) in [5.41, 5.74) is 5.32. The van der Waals surface area contributed by atoms with Crippen LogP contribution in [0.2, 0.25) is 0 Å². The van der Waals surface area contributed by atoms with Crippen molar-refractivity contribution in [3.8, 4) is 0 Å². The SMILES string of the molecule is NC1C[N]CCO1. The number of hydrogen-bond acceptors (Lipinski definition) is 2. The lowest BCUT2D eigenvalue weighted by atomic mass is 10.5. The van der Waals surface area contributed by atoms with E-state index in [0.29, 0.717) is 13.2 Å². The maximum absolute atomic E-state index is 5.32. The van der Waals surface area contributed by atoms with Crippen molar-refractivity contribution in [2.45, 2.75) is 6.23 Å². The number of nitrogens with two attached hydrogens (primary N) is 1. The summed E-state index contributed by atoms with van der Waals surface area (Å²) in [6.45, 7) is 2.18. The van der Waals surface area contributed by atoms with Gasteiger partial charge in [-0.2, -0.15) is 0 Å². The second-order valence-electron chi connectivity index (χ2n) is 1.54. The summed E-state index contributed by atoms with van der Waals surface area (Å²) in [6.07, 6.45) is -0.131. The first-order chi connectivity index (χ1) is 3.39. The van der Waals surface area contributed by atoms with E-state index in [1.165, 1.54) is 0 Å². The van der Waals surface area contributed by atoms with Crippen molar-refractivity contribution in [3.63, 3.8) is 0 Å². The molecule has 1 atom stereocenters. The molecule has 0 aromatic rings. The molecule has 0 aromatic carbocycles. The molecule has 2 N–H and O–H groups in total.